The minimum Gasteiger partial charge on any atom is -0.481 e. The molecule has 0 aliphatic carbocycles. The van der Waals surface area contributed by atoms with Crippen molar-refractivity contribution in [3.8, 4) is 0 Å². The predicted octanol–water partition coefficient (Wildman–Crippen LogP) is 11.7. The number of esters is 1. The number of carboxylic acid groups (broad SMARTS) is 1. The van der Waals surface area contributed by atoms with Crippen LogP contribution in [0.5, 0.6) is 0 Å². The molecule has 0 fully saturated rings. The van der Waals surface area contributed by atoms with E-state index in [0.29, 0.717) is 13.0 Å². The quantitative estimate of drug-likeness (QED) is 0.0501. The van der Waals surface area contributed by atoms with Crippen LogP contribution in [0.3, 0.4) is 0 Å². The molecular weight excluding hydrogens is 496 g/mol. The minimum atomic E-state index is -0.877. The summed E-state index contributed by atoms with van der Waals surface area (Å²) in [6.45, 7) is 4.60. The van der Waals surface area contributed by atoms with Crippen LogP contribution in [-0.2, 0) is 14.3 Å². The molecule has 4 nitrogen and oxygen atoms in total. The molecule has 0 radical (unpaired) electrons. The summed E-state index contributed by atoms with van der Waals surface area (Å²) in [4.78, 5) is 23.1. The van der Waals surface area contributed by atoms with Gasteiger partial charge in [0.25, 0.3) is 0 Å². The van der Waals surface area contributed by atoms with Gasteiger partial charge in [-0.1, -0.05) is 161 Å². The average Bonchev–Trinajstić information content (AvgIpc) is 2.94. The molecule has 1 unspecified atom stereocenters. The van der Waals surface area contributed by atoms with Crippen LogP contribution in [-0.4, -0.2) is 23.7 Å². The first-order chi connectivity index (χ1) is 19.6. The van der Waals surface area contributed by atoms with Crippen LogP contribution in [0.1, 0.15) is 194 Å². The van der Waals surface area contributed by atoms with Gasteiger partial charge in [-0.25, -0.2) is 0 Å². The van der Waals surface area contributed by atoms with Gasteiger partial charge in [-0.15, -0.1) is 0 Å². The molecule has 0 spiro atoms. The maximum absolute atomic E-state index is 11.7. The van der Waals surface area contributed by atoms with Crippen LogP contribution in [0.15, 0.2) is 12.2 Å². The summed E-state index contributed by atoms with van der Waals surface area (Å²) < 4.78 is 5.03. The third kappa shape index (κ3) is 29.7. The summed E-state index contributed by atoms with van der Waals surface area (Å²) in [5.74, 6) is -1.86. The minimum absolute atomic E-state index is 0.00397. The van der Waals surface area contributed by atoms with Crippen molar-refractivity contribution in [2.24, 2.45) is 5.92 Å². The van der Waals surface area contributed by atoms with E-state index in [9.17, 15) is 14.7 Å². The first-order valence-electron chi connectivity index (χ1n) is 17.6. The molecule has 0 aromatic rings. The van der Waals surface area contributed by atoms with Gasteiger partial charge in [-0.2, -0.15) is 0 Å². The second-order valence-corrected chi connectivity index (χ2v) is 12.1. The van der Waals surface area contributed by atoms with Gasteiger partial charge in [-0.3, -0.25) is 9.59 Å². The van der Waals surface area contributed by atoms with Crippen molar-refractivity contribution in [2.75, 3.05) is 6.61 Å². The van der Waals surface area contributed by atoms with Crippen LogP contribution >= 0.6 is 0 Å². The lowest BCUT2D eigenvalue weighted by atomic mass is 9.97. The number of ether oxygens (including phenoxy) is 1. The van der Waals surface area contributed by atoms with E-state index in [-0.39, 0.29) is 12.4 Å². The van der Waals surface area contributed by atoms with Gasteiger partial charge in [0.2, 0.25) is 0 Å². The Morgan fingerprint density at radius 1 is 0.550 bits per heavy atom. The molecular formula is C36H68O4. The van der Waals surface area contributed by atoms with E-state index in [1.165, 1.54) is 141 Å². The van der Waals surface area contributed by atoms with E-state index in [4.69, 9.17) is 4.74 Å². The fraction of sp³-hybridized carbons (Fsp3) is 0.889. The van der Waals surface area contributed by atoms with Gasteiger partial charge in [0, 0.05) is 0 Å². The lowest BCUT2D eigenvalue weighted by molar-refractivity contribution is -0.151. The smallest absolute Gasteiger partial charge is 0.307 e. The van der Waals surface area contributed by atoms with Gasteiger partial charge < -0.3 is 9.84 Å². The highest BCUT2D eigenvalue weighted by atomic mass is 16.5. The Hall–Kier alpha value is -1.32. The topological polar surface area (TPSA) is 63.6 Å². The Balaban J connectivity index is 3.33. The van der Waals surface area contributed by atoms with Crippen LogP contribution in [0.25, 0.3) is 0 Å². The maximum Gasteiger partial charge on any atom is 0.307 e. The Morgan fingerprint density at radius 3 is 1.30 bits per heavy atom. The van der Waals surface area contributed by atoms with Crippen molar-refractivity contribution in [1.29, 1.82) is 0 Å². The molecule has 0 saturated carbocycles. The van der Waals surface area contributed by atoms with E-state index in [1.54, 1.807) is 0 Å². The maximum atomic E-state index is 11.7. The van der Waals surface area contributed by atoms with Crippen LogP contribution in [0, 0.1) is 5.92 Å². The lowest BCUT2D eigenvalue weighted by Gasteiger charge is -2.11. The molecule has 0 aliphatic heterocycles. The molecule has 0 aliphatic rings. The molecule has 0 heterocycles. The standard InChI is InChI=1S/C36H68O4/c1-3-5-6-7-8-9-10-11-12-13-14-15-16-17-18-19-20-21-22-23-24-25-26-27-28-29-30-31-34(36(38)39)33-35(37)40-32-4-2/h19-20,34H,3-18,21-33H2,1-2H3,(H,38,39)/b20-19+. The summed E-state index contributed by atoms with van der Waals surface area (Å²) in [5.41, 5.74) is 0. The SMILES string of the molecule is CCCCCCCCCCCCCCCC/C=C/CCCCCCCCCCCC(CC(=O)OCCC)C(=O)O. The van der Waals surface area contributed by atoms with Gasteiger partial charge in [-0.05, 0) is 38.5 Å². The highest BCUT2D eigenvalue weighted by Gasteiger charge is 2.21. The highest BCUT2D eigenvalue weighted by molar-refractivity contribution is 5.78. The summed E-state index contributed by atoms with van der Waals surface area (Å²) in [5, 5.41) is 9.33. The molecule has 4 heteroatoms. The number of aliphatic carboxylic acids is 1. The van der Waals surface area contributed by atoms with E-state index in [1.807, 2.05) is 6.92 Å². The van der Waals surface area contributed by atoms with E-state index in [0.717, 1.165) is 25.7 Å². The van der Waals surface area contributed by atoms with Crippen LogP contribution in [0.2, 0.25) is 0 Å². The van der Waals surface area contributed by atoms with Crippen molar-refractivity contribution >= 4 is 11.9 Å². The zero-order valence-corrected chi connectivity index (χ0v) is 26.9. The van der Waals surface area contributed by atoms with E-state index < -0.39 is 11.9 Å². The Kier molecular flexibility index (Phi) is 31.1. The largest absolute Gasteiger partial charge is 0.481 e. The second-order valence-electron chi connectivity index (χ2n) is 12.1. The number of carboxylic acids is 1. The van der Waals surface area contributed by atoms with Crippen molar-refractivity contribution in [2.45, 2.75) is 194 Å². The number of rotatable bonds is 32. The second kappa shape index (κ2) is 32.2. The summed E-state index contributed by atoms with van der Waals surface area (Å²) in [7, 11) is 0. The molecule has 0 aromatic heterocycles. The molecule has 0 amide bonds. The molecule has 0 bridgehead atoms. The molecule has 0 saturated heterocycles. The number of hydrogen-bond donors (Lipinski definition) is 1. The molecule has 0 aromatic carbocycles. The van der Waals surface area contributed by atoms with E-state index in [2.05, 4.69) is 19.1 Å². The van der Waals surface area contributed by atoms with E-state index >= 15 is 0 Å². The number of carbonyl (C=O) groups is 2. The van der Waals surface area contributed by atoms with Gasteiger partial charge >= 0.3 is 11.9 Å². The third-order valence-corrected chi connectivity index (χ3v) is 8.04. The summed E-state index contributed by atoms with van der Waals surface area (Å²) in [6, 6.07) is 0. The normalized spacial score (nSPS) is 12.2. The summed E-state index contributed by atoms with van der Waals surface area (Å²) >= 11 is 0. The molecule has 1 N–H and O–H groups in total. The fourth-order valence-electron chi connectivity index (χ4n) is 5.37. The first-order valence-corrected chi connectivity index (χ1v) is 17.6. The lowest BCUT2D eigenvalue weighted by Crippen LogP contribution is -2.19. The zero-order valence-electron chi connectivity index (χ0n) is 26.9. The van der Waals surface area contributed by atoms with Crippen molar-refractivity contribution < 1.29 is 19.4 Å². The van der Waals surface area contributed by atoms with Gasteiger partial charge in [0.05, 0.1) is 18.9 Å². The van der Waals surface area contributed by atoms with Gasteiger partial charge in [0.15, 0.2) is 0 Å². The Morgan fingerprint density at radius 2 is 0.925 bits per heavy atom. The van der Waals surface area contributed by atoms with Crippen LogP contribution < -0.4 is 0 Å². The number of carbonyl (C=O) groups excluding carboxylic acids is 1. The van der Waals surface area contributed by atoms with Crippen molar-refractivity contribution in [3.05, 3.63) is 12.2 Å². The fourth-order valence-corrected chi connectivity index (χ4v) is 5.37. The number of unbranched alkanes of at least 4 members (excludes halogenated alkanes) is 23. The Bertz CT molecular complexity index is 571. The zero-order chi connectivity index (χ0) is 29.4. The number of allylic oxidation sites excluding steroid dienone is 2. The summed E-state index contributed by atoms with van der Waals surface area (Å²) in [6.07, 6.45) is 39.5. The highest BCUT2D eigenvalue weighted by Crippen LogP contribution is 2.18. The van der Waals surface area contributed by atoms with Crippen molar-refractivity contribution in [3.63, 3.8) is 0 Å². The third-order valence-electron chi connectivity index (χ3n) is 8.04. The molecule has 1 atom stereocenters. The number of hydrogen-bond acceptors (Lipinski definition) is 3. The molecule has 0 rings (SSSR count). The van der Waals surface area contributed by atoms with Crippen molar-refractivity contribution in [1.82, 2.24) is 0 Å². The molecule has 236 valence electrons. The monoisotopic (exact) mass is 565 g/mol. The average molecular weight is 565 g/mol. The Labute approximate surface area is 249 Å². The first kappa shape index (κ1) is 38.7. The predicted molar refractivity (Wildman–Crippen MR) is 172 cm³/mol. The molecule has 40 heavy (non-hydrogen) atoms. The van der Waals surface area contributed by atoms with Gasteiger partial charge in [0.1, 0.15) is 0 Å². The van der Waals surface area contributed by atoms with Crippen LogP contribution in [0.4, 0.5) is 0 Å².